The molecular formula is C23H26ClN3O. The van der Waals surface area contributed by atoms with Gasteiger partial charge in [-0.1, -0.05) is 17.7 Å². The van der Waals surface area contributed by atoms with Gasteiger partial charge in [0, 0.05) is 65.1 Å². The molecule has 28 heavy (non-hydrogen) atoms. The highest BCUT2D eigenvalue weighted by Crippen LogP contribution is 2.47. The second-order valence-electron chi connectivity index (χ2n) is 8.59. The third-order valence-corrected chi connectivity index (χ3v) is 7.04. The van der Waals surface area contributed by atoms with Gasteiger partial charge in [0.2, 0.25) is 0 Å². The first-order valence-electron chi connectivity index (χ1n) is 10.1. The molecule has 5 heteroatoms. The number of aryl methyl sites for hydroxylation is 1. The van der Waals surface area contributed by atoms with Crippen molar-refractivity contribution in [2.24, 2.45) is 7.05 Å². The Hall–Kier alpha value is -1.88. The maximum Gasteiger partial charge on any atom is 0.0890 e. The van der Waals surface area contributed by atoms with Crippen molar-refractivity contribution in [3.05, 3.63) is 64.6 Å². The van der Waals surface area contributed by atoms with Crippen LogP contribution >= 0.6 is 11.6 Å². The van der Waals surface area contributed by atoms with Crippen LogP contribution in [0.4, 0.5) is 0 Å². The van der Waals surface area contributed by atoms with E-state index in [2.05, 4.69) is 33.6 Å². The molecule has 0 bridgehead atoms. The van der Waals surface area contributed by atoms with E-state index in [-0.39, 0.29) is 5.92 Å². The van der Waals surface area contributed by atoms with Crippen LogP contribution in [-0.4, -0.2) is 32.1 Å². The maximum absolute atomic E-state index is 11.4. The van der Waals surface area contributed by atoms with Crippen molar-refractivity contribution >= 4 is 22.5 Å². The van der Waals surface area contributed by atoms with E-state index in [4.69, 9.17) is 11.6 Å². The Morgan fingerprint density at radius 1 is 1.32 bits per heavy atom. The van der Waals surface area contributed by atoms with E-state index in [0.717, 1.165) is 23.7 Å². The molecule has 2 aromatic heterocycles. The summed E-state index contributed by atoms with van der Waals surface area (Å²) in [6, 6.07) is 10.5. The highest BCUT2D eigenvalue weighted by Gasteiger charge is 2.43. The largest absolute Gasteiger partial charge is 0.385 e. The monoisotopic (exact) mass is 395 g/mol. The van der Waals surface area contributed by atoms with Gasteiger partial charge in [0.15, 0.2) is 0 Å². The molecule has 0 aliphatic carbocycles. The molecule has 0 saturated carbocycles. The molecule has 1 N–H and O–H groups in total. The molecule has 1 fully saturated rings. The van der Waals surface area contributed by atoms with Crippen LogP contribution in [0.1, 0.15) is 48.9 Å². The van der Waals surface area contributed by atoms with Crippen LogP contribution in [0.2, 0.25) is 5.02 Å². The van der Waals surface area contributed by atoms with E-state index in [1.165, 1.54) is 35.0 Å². The third kappa shape index (κ3) is 2.78. The lowest BCUT2D eigenvalue weighted by molar-refractivity contribution is 0.0244. The predicted molar refractivity (Wildman–Crippen MR) is 113 cm³/mol. The molecule has 2 aliphatic rings. The Morgan fingerprint density at radius 2 is 2.18 bits per heavy atom. The molecule has 5 rings (SSSR count). The highest BCUT2D eigenvalue weighted by atomic mass is 35.5. The minimum atomic E-state index is -0.921. The van der Waals surface area contributed by atoms with Gasteiger partial charge in [0.25, 0.3) is 0 Å². The van der Waals surface area contributed by atoms with E-state index in [9.17, 15) is 5.11 Å². The number of pyridine rings is 1. The lowest BCUT2D eigenvalue weighted by atomic mass is 9.78. The standard InChI is InChI=1S/C23H26ClN3O/c1-23(28,15-5-3-9-25-13-15)12-18-21-6-4-10-27(21)14-19-17-11-16(24)7-8-20(17)26(2)22(18)19/h3,5,7-9,11,13,18,21,28H,4,6,10,12,14H2,1-2H3. The number of nitrogens with zero attached hydrogens (tertiary/aromatic N) is 3. The van der Waals surface area contributed by atoms with Crippen LogP contribution in [0.25, 0.3) is 10.9 Å². The fraction of sp³-hybridized carbons (Fsp3) is 0.435. The zero-order valence-corrected chi connectivity index (χ0v) is 17.2. The van der Waals surface area contributed by atoms with Crippen LogP contribution < -0.4 is 0 Å². The molecule has 4 heterocycles. The lowest BCUT2D eigenvalue weighted by Crippen LogP contribution is -2.42. The summed E-state index contributed by atoms with van der Waals surface area (Å²) in [5, 5.41) is 13.4. The molecule has 3 unspecified atom stereocenters. The summed E-state index contributed by atoms with van der Waals surface area (Å²) >= 11 is 6.33. The second kappa shape index (κ2) is 6.58. The van der Waals surface area contributed by atoms with Crippen LogP contribution in [0.5, 0.6) is 0 Å². The maximum atomic E-state index is 11.4. The predicted octanol–water partition coefficient (Wildman–Crippen LogP) is 4.59. The number of aromatic nitrogens is 2. The Labute approximate surface area is 170 Å². The van der Waals surface area contributed by atoms with Crippen LogP contribution in [0, 0.1) is 0 Å². The summed E-state index contributed by atoms with van der Waals surface area (Å²) < 4.78 is 2.33. The van der Waals surface area contributed by atoms with Crippen molar-refractivity contribution in [2.45, 2.75) is 50.3 Å². The van der Waals surface area contributed by atoms with Gasteiger partial charge >= 0.3 is 0 Å². The number of benzene rings is 1. The molecule has 1 aromatic carbocycles. The molecule has 146 valence electrons. The Balaban J connectivity index is 1.64. The SMILES string of the molecule is Cn1c2c(c3cc(Cl)ccc31)CN1CCCC1C2CC(C)(O)c1cccnc1. The zero-order chi connectivity index (χ0) is 19.5. The van der Waals surface area contributed by atoms with E-state index < -0.39 is 5.60 Å². The number of rotatable bonds is 3. The second-order valence-corrected chi connectivity index (χ2v) is 9.03. The van der Waals surface area contributed by atoms with Crippen molar-refractivity contribution in [1.82, 2.24) is 14.5 Å². The fourth-order valence-corrected chi connectivity index (χ4v) is 5.67. The summed E-state index contributed by atoms with van der Waals surface area (Å²) in [4.78, 5) is 6.83. The number of hydrogen-bond donors (Lipinski definition) is 1. The fourth-order valence-electron chi connectivity index (χ4n) is 5.50. The molecule has 0 spiro atoms. The van der Waals surface area contributed by atoms with Crippen molar-refractivity contribution in [1.29, 1.82) is 0 Å². The van der Waals surface area contributed by atoms with E-state index >= 15 is 0 Å². The normalized spacial score (nSPS) is 24.1. The number of fused-ring (bicyclic) bond motifs is 4. The molecule has 0 amide bonds. The molecule has 2 aliphatic heterocycles. The summed E-state index contributed by atoms with van der Waals surface area (Å²) in [5.74, 6) is 0.276. The molecule has 0 radical (unpaired) electrons. The highest BCUT2D eigenvalue weighted by molar-refractivity contribution is 6.31. The Morgan fingerprint density at radius 3 is 2.96 bits per heavy atom. The van der Waals surface area contributed by atoms with E-state index in [0.29, 0.717) is 12.5 Å². The molecule has 1 saturated heterocycles. The van der Waals surface area contributed by atoms with Crippen LogP contribution in [0.15, 0.2) is 42.7 Å². The smallest absolute Gasteiger partial charge is 0.0890 e. The average Bonchev–Trinajstić information content (AvgIpc) is 3.26. The zero-order valence-electron chi connectivity index (χ0n) is 16.4. The van der Waals surface area contributed by atoms with Crippen LogP contribution in [0.3, 0.4) is 0 Å². The molecular weight excluding hydrogens is 370 g/mol. The first kappa shape index (κ1) is 18.2. The minimum Gasteiger partial charge on any atom is -0.385 e. The molecule has 3 atom stereocenters. The quantitative estimate of drug-likeness (QED) is 0.705. The van der Waals surface area contributed by atoms with Crippen molar-refractivity contribution in [3.8, 4) is 0 Å². The third-order valence-electron chi connectivity index (χ3n) is 6.81. The van der Waals surface area contributed by atoms with E-state index in [1.54, 1.807) is 12.4 Å². The number of halogens is 1. The summed E-state index contributed by atoms with van der Waals surface area (Å²) in [6.45, 7) is 4.03. The first-order valence-corrected chi connectivity index (χ1v) is 10.5. The van der Waals surface area contributed by atoms with Crippen molar-refractivity contribution < 1.29 is 5.11 Å². The van der Waals surface area contributed by atoms with Gasteiger partial charge < -0.3 is 9.67 Å². The number of hydrogen-bond acceptors (Lipinski definition) is 3. The lowest BCUT2D eigenvalue weighted by Gasteiger charge is -2.40. The Bertz CT molecular complexity index is 1030. The van der Waals surface area contributed by atoms with Gasteiger partial charge in [-0.3, -0.25) is 9.88 Å². The average molecular weight is 396 g/mol. The van der Waals surface area contributed by atoms with Crippen LogP contribution in [-0.2, 0) is 19.2 Å². The summed E-state index contributed by atoms with van der Waals surface area (Å²) in [7, 11) is 2.16. The molecule has 3 aromatic rings. The van der Waals surface area contributed by atoms with Crippen molar-refractivity contribution in [2.75, 3.05) is 6.54 Å². The van der Waals surface area contributed by atoms with E-state index in [1.807, 2.05) is 25.1 Å². The molecule has 4 nitrogen and oxygen atoms in total. The van der Waals surface area contributed by atoms with Gasteiger partial charge in [-0.15, -0.1) is 0 Å². The van der Waals surface area contributed by atoms with Gasteiger partial charge in [-0.2, -0.15) is 0 Å². The topological polar surface area (TPSA) is 41.3 Å². The van der Waals surface area contributed by atoms with Crippen molar-refractivity contribution in [3.63, 3.8) is 0 Å². The van der Waals surface area contributed by atoms with Gasteiger partial charge in [0.05, 0.1) is 5.60 Å². The summed E-state index contributed by atoms with van der Waals surface area (Å²) in [6.07, 6.45) is 6.64. The van der Waals surface area contributed by atoms with Gasteiger partial charge in [-0.25, -0.2) is 0 Å². The minimum absolute atomic E-state index is 0.276. The number of aliphatic hydroxyl groups is 1. The van der Waals surface area contributed by atoms with Gasteiger partial charge in [-0.05, 0) is 62.6 Å². The van der Waals surface area contributed by atoms with Gasteiger partial charge in [0.1, 0.15) is 0 Å². The first-order chi connectivity index (χ1) is 13.5. The summed E-state index contributed by atoms with van der Waals surface area (Å²) in [5.41, 5.74) is 3.93. The Kier molecular flexibility index (Phi) is 4.27.